The van der Waals surface area contributed by atoms with Crippen molar-refractivity contribution in [2.75, 3.05) is 0 Å². The van der Waals surface area contributed by atoms with Crippen molar-refractivity contribution in [3.8, 4) is 0 Å². The first-order valence-corrected chi connectivity index (χ1v) is 2.19. The summed E-state index contributed by atoms with van der Waals surface area (Å²) >= 11 is 0. The smallest absolute Gasteiger partial charge is 0.822 e. The van der Waals surface area contributed by atoms with Crippen LogP contribution in [0.25, 0.3) is 0 Å². The first-order valence-electron chi connectivity index (χ1n) is 0.730. The Kier molecular flexibility index (Phi) is 17.7. The van der Waals surface area contributed by atoms with E-state index in [1.54, 1.807) is 0 Å². The molecule has 0 unspecified atom stereocenters. The van der Waals surface area contributed by atoms with Crippen molar-refractivity contribution in [3.63, 3.8) is 0 Å². The molecule has 0 atom stereocenters. The summed E-state index contributed by atoms with van der Waals surface area (Å²) in [5.74, 6) is 0. The quantitative estimate of drug-likeness (QED) is 0.324. The van der Waals surface area contributed by atoms with Crippen LogP contribution in [0.3, 0.4) is 0 Å². The van der Waals surface area contributed by atoms with Crippen LogP contribution in [0, 0.1) is 0 Å². The van der Waals surface area contributed by atoms with Crippen molar-refractivity contribution >= 4 is 56.7 Å². The zero-order valence-electron chi connectivity index (χ0n) is 3.79. The van der Waals surface area contributed by atoms with Crippen LogP contribution in [-0.2, 0) is 4.57 Å². The molecule has 0 aromatic heterocycles. The Morgan fingerprint density at radius 3 is 1.14 bits per heavy atom. The molecule has 0 fully saturated rings. The molecule has 7 heteroatoms. The minimum Gasteiger partial charge on any atom is -0.822 e. The SMILES string of the molecule is O=P([O-])([O-])[O-].[Ba+2].[K+]. The first kappa shape index (κ1) is 16.7. The van der Waals surface area contributed by atoms with Crippen molar-refractivity contribution in [1.29, 1.82) is 0 Å². The molecule has 0 aromatic carbocycles. The number of hydrogen-bond acceptors (Lipinski definition) is 4. The molecule has 0 bridgehead atoms. The fraction of sp³-hybridized carbons (Fsp3) is 0. The zero-order chi connectivity index (χ0) is 4.50. The summed E-state index contributed by atoms with van der Waals surface area (Å²) in [5, 5.41) is 0. The van der Waals surface area contributed by atoms with Gasteiger partial charge in [0.15, 0.2) is 0 Å². The molecule has 32 valence electrons. The monoisotopic (exact) mass is 272 g/mol. The van der Waals surface area contributed by atoms with Gasteiger partial charge >= 0.3 is 100 Å². The maximum Gasteiger partial charge on any atom is 2.00 e. The normalized spacial score (nSPS) is 8.43. The molecule has 0 rings (SSSR count). The van der Waals surface area contributed by atoms with Crippen LogP contribution in [0.5, 0.6) is 0 Å². The Bertz CT molecular complexity index is 57.8. The molecular formula is BaKO4P. The van der Waals surface area contributed by atoms with Crippen molar-refractivity contribution < 1.29 is 70.6 Å². The van der Waals surface area contributed by atoms with Gasteiger partial charge in [0.25, 0.3) is 0 Å². The molecule has 0 saturated carbocycles. The fourth-order valence-corrected chi connectivity index (χ4v) is 0. The molecule has 0 spiro atoms. The minimum absolute atomic E-state index is 0. The van der Waals surface area contributed by atoms with Crippen LogP contribution in [0.2, 0.25) is 0 Å². The molecule has 0 aromatic rings. The second-order valence-corrected chi connectivity index (χ2v) is 1.34. The third-order valence-corrected chi connectivity index (χ3v) is 0. The second-order valence-electron chi connectivity index (χ2n) is 0.447. The zero-order valence-corrected chi connectivity index (χ0v) is 12.2. The van der Waals surface area contributed by atoms with Gasteiger partial charge in [-0.1, -0.05) is 0 Å². The number of rotatable bonds is 0. The third kappa shape index (κ3) is 45.3. The largest absolute Gasteiger partial charge is 2.00 e. The van der Waals surface area contributed by atoms with Crippen LogP contribution in [0.1, 0.15) is 0 Å². The topological polar surface area (TPSA) is 86.2 Å². The summed E-state index contributed by atoms with van der Waals surface area (Å²) in [4.78, 5) is 25.6. The summed E-state index contributed by atoms with van der Waals surface area (Å²) in [6.45, 7) is 0. The summed E-state index contributed by atoms with van der Waals surface area (Å²) in [5.41, 5.74) is 0. The molecule has 0 saturated heterocycles. The Hall–Kier alpha value is 3.32. The first-order chi connectivity index (χ1) is 2.00. The molecule has 0 radical (unpaired) electrons. The van der Waals surface area contributed by atoms with E-state index in [2.05, 4.69) is 0 Å². The summed E-state index contributed by atoms with van der Waals surface area (Å²) in [6.07, 6.45) is 0. The maximum atomic E-state index is 8.55. The van der Waals surface area contributed by atoms with Crippen molar-refractivity contribution in [3.05, 3.63) is 0 Å². The Balaban J connectivity index is -0.0000000800. The van der Waals surface area contributed by atoms with Crippen molar-refractivity contribution in [2.45, 2.75) is 0 Å². The average molecular weight is 271 g/mol. The molecule has 0 aliphatic carbocycles. The molecule has 0 N–H and O–H groups in total. The van der Waals surface area contributed by atoms with Gasteiger partial charge in [-0.25, -0.2) is 0 Å². The van der Waals surface area contributed by atoms with Gasteiger partial charge < -0.3 is 19.2 Å². The van der Waals surface area contributed by atoms with Gasteiger partial charge in [-0.05, 0) is 0 Å². The van der Waals surface area contributed by atoms with Crippen LogP contribution in [0.4, 0.5) is 0 Å². The molecule has 4 nitrogen and oxygen atoms in total. The third-order valence-electron chi connectivity index (χ3n) is 0. The van der Waals surface area contributed by atoms with E-state index in [-0.39, 0.29) is 100 Å². The van der Waals surface area contributed by atoms with E-state index in [0.717, 1.165) is 0 Å². The Labute approximate surface area is 124 Å². The predicted octanol–water partition coefficient (Wildman–Crippen LogP) is -6.20. The van der Waals surface area contributed by atoms with Gasteiger partial charge in [0.05, 0.1) is 0 Å². The minimum atomic E-state index is -5.39. The van der Waals surface area contributed by atoms with Crippen LogP contribution >= 0.6 is 7.82 Å². The van der Waals surface area contributed by atoms with E-state index >= 15 is 0 Å². The van der Waals surface area contributed by atoms with Crippen LogP contribution < -0.4 is 66.1 Å². The van der Waals surface area contributed by atoms with E-state index in [0.29, 0.717) is 0 Å². The van der Waals surface area contributed by atoms with E-state index in [1.807, 2.05) is 0 Å². The fourth-order valence-electron chi connectivity index (χ4n) is 0. The summed E-state index contributed by atoms with van der Waals surface area (Å²) in [6, 6.07) is 0. The summed E-state index contributed by atoms with van der Waals surface area (Å²) < 4.78 is 8.55. The second kappa shape index (κ2) is 7.43. The van der Waals surface area contributed by atoms with Crippen LogP contribution in [0.15, 0.2) is 0 Å². The van der Waals surface area contributed by atoms with Gasteiger partial charge in [0, 0.05) is 0 Å². The molecule has 0 aliphatic heterocycles. The van der Waals surface area contributed by atoms with E-state index in [4.69, 9.17) is 19.2 Å². The average Bonchev–Trinajstić information content (AvgIpc) is 0.722. The maximum absolute atomic E-state index is 8.55. The van der Waals surface area contributed by atoms with Gasteiger partial charge in [0.1, 0.15) is 0 Å². The number of hydrogen-bond donors (Lipinski definition) is 0. The molecular weight excluding hydrogens is 271 g/mol. The van der Waals surface area contributed by atoms with E-state index in [9.17, 15) is 0 Å². The Morgan fingerprint density at radius 1 is 1.14 bits per heavy atom. The van der Waals surface area contributed by atoms with Crippen molar-refractivity contribution in [2.24, 2.45) is 0 Å². The van der Waals surface area contributed by atoms with E-state index < -0.39 is 7.82 Å². The predicted molar refractivity (Wildman–Crippen MR) is 13.4 cm³/mol. The Morgan fingerprint density at radius 2 is 1.14 bits per heavy atom. The van der Waals surface area contributed by atoms with Crippen LogP contribution in [-0.4, -0.2) is 48.9 Å². The van der Waals surface area contributed by atoms with Gasteiger partial charge in [-0.3, -0.25) is 0 Å². The van der Waals surface area contributed by atoms with Gasteiger partial charge in [-0.15, -0.1) is 0 Å². The molecule has 0 heterocycles. The molecule has 0 aliphatic rings. The van der Waals surface area contributed by atoms with Gasteiger partial charge in [0.2, 0.25) is 0 Å². The molecule has 7 heavy (non-hydrogen) atoms. The summed E-state index contributed by atoms with van der Waals surface area (Å²) in [7, 11) is -5.39. The van der Waals surface area contributed by atoms with E-state index in [1.165, 1.54) is 0 Å². The van der Waals surface area contributed by atoms with Crippen molar-refractivity contribution in [1.82, 2.24) is 0 Å². The van der Waals surface area contributed by atoms with Gasteiger partial charge in [-0.2, -0.15) is 7.82 Å². The number of phosphoric acid groups is 1. The molecule has 0 amide bonds. The standard InChI is InChI=1S/Ba.K.H3O4P/c;;1-5(2,3)4/h;;(H3,1,2,3,4)/q+2;+1;/p-3.